The van der Waals surface area contributed by atoms with Crippen LogP contribution in [0.5, 0.6) is 5.75 Å². The second-order valence-corrected chi connectivity index (χ2v) is 5.14. The van der Waals surface area contributed by atoms with Gasteiger partial charge in [0.15, 0.2) is 6.61 Å². The number of carbonyl (C=O) groups excluding carboxylic acids is 1. The smallest absolute Gasteiger partial charge is 0.262 e. The van der Waals surface area contributed by atoms with Gasteiger partial charge in [-0.1, -0.05) is 24.3 Å². The Morgan fingerprint density at radius 1 is 1.18 bits per heavy atom. The van der Waals surface area contributed by atoms with Gasteiger partial charge in [0, 0.05) is 5.69 Å². The SMILES string of the molecule is Cc1ccc(C)c(OCC(=O)Nc2ccc(CC#N)cc2)c1. The number of ether oxygens (including phenoxy) is 1. The Bertz CT molecular complexity index is 700. The third-order valence-electron chi connectivity index (χ3n) is 3.22. The molecule has 0 fully saturated rings. The van der Waals surface area contributed by atoms with Crippen LogP contribution in [0.4, 0.5) is 5.69 Å². The van der Waals surface area contributed by atoms with E-state index in [-0.39, 0.29) is 12.5 Å². The summed E-state index contributed by atoms with van der Waals surface area (Å²) >= 11 is 0. The van der Waals surface area contributed by atoms with Crippen molar-refractivity contribution in [2.45, 2.75) is 20.3 Å². The monoisotopic (exact) mass is 294 g/mol. The first-order chi connectivity index (χ1) is 10.6. The summed E-state index contributed by atoms with van der Waals surface area (Å²) in [7, 11) is 0. The quantitative estimate of drug-likeness (QED) is 0.919. The van der Waals surface area contributed by atoms with E-state index >= 15 is 0 Å². The second kappa shape index (κ2) is 7.28. The van der Waals surface area contributed by atoms with E-state index in [1.54, 1.807) is 12.1 Å². The van der Waals surface area contributed by atoms with Crippen LogP contribution >= 0.6 is 0 Å². The van der Waals surface area contributed by atoms with Crippen molar-refractivity contribution in [3.8, 4) is 11.8 Å². The molecule has 4 nitrogen and oxygen atoms in total. The zero-order valence-corrected chi connectivity index (χ0v) is 12.7. The highest BCUT2D eigenvalue weighted by Crippen LogP contribution is 2.19. The molecule has 0 spiro atoms. The molecule has 0 saturated carbocycles. The number of hydrogen-bond donors (Lipinski definition) is 1. The van der Waals surface area contributed by atoms with Gasteiger partial charge in [-0.3, -0.25) is 4.79 Å². The van der Waals surface area contributed by atoms with Gasteiger partial charge in [0.05, 0.1) is 12.5 Å². The Kier molecular flexibility index (Phi) is 5.16. The van der Waals surface area contributed by atoms with Crippen LogP contribution in [0.25, 0.3) is 0 Å². The summed E-state index contributed by atoms with van der Waals surface area (Å²) in [5.74, 6) is 0.508. The van der Waals surface area contributed by atoms with Crippen molar-refractivity contribution in [2.24, 2.45) is 0 Å². The average molecular weight is 294 g/mol. The van der Waals surface area contributed by atoms with Gasteiger partial charge < -0.3 is 10.1 Å². The van der Waals surface area contributed by atoms with E-state index in [0.717, 1.165) is 22.4 Å². The van der Waals surface area contributed by atoms with Crippen molar-refractivity contribution in [1.29, 1.82) is 5.26 Å². The van der Waals surface area contributed by atoms with Crippen molar-refractivity contribution >= 4 is 11.6 Å². The minimum Gasteiger partial charge on any atom is -0.483 e. The highest BCUT2D eigenvalue weighted by Gasteiger charge is 2.06. The fraction of sp³-hybridized carbons (Fsp3) is 0.222. The van der Waals surface area contributed by atoms with Crippen LogP contribution in [-0.4, -0.2) is 12.5 Å². The first-order valence-corrected chi connectivity index (χ1v) is 7.04. The first kappa shape index (κ1) is 15.6. The second-order valence-electron chi connectivity index (χ2n) is 5.14. The van der Waals surface area contributed by atoms with Crippen molar-refractivity contribution in [3.05, 3.63) is 59.2 Å². The lowest BCUT2D eigenvalue weighted by Crippen LogP contribution is -2.20. The van der Waals surface area contributed by atoms with Crippen LogP contribution in [0.3, 0.4) is 0 Å². The molecule has 2 aromatic carbocycles. The van der Waals surface area contributed by atoms with Crippen LogP contribution in [-0.2, 0) is 11.2 Å². The summed E-state index contributed by atoms with van der Waals surface area (Å²) in [6.07, 6.45) is 0.365. The number of benzene rings is 2. The molecule has 0 saturated heterocycles. The summed E-state index contributed by atoms with van der Waals surface area (Å²) in [5.41, 5.74) is 3.71. The summed E-state index contributed by atoms with van der Waals surface area (Å²) in [5, 5.41) is 11.4. The fourth-order valence-electron chi connectivity index (χ4n) is 2.00. The molecule has 22 heavy (non-hydrogen) atoms. The van der Waals surface area contributed by atoms with E-state index in [0.29, 0.717) is 12.1 Å². The lowest BCUT2D eigenvalue weighted by Gasteiger charge is -2.10. The van der Waals surface area contributed by atoms with Gasteiger partial charge in [-0.15, -0.1) is 0 Å². The molecular weight excluding hydrogens is 276 g/mol. The fourth-order valence-corrected chi connectivity index (χ4v) is 2.00. The number of hydrogen-bond acceptors (Lipinski definition) is 3. The van der Waals surface area contributed by atoms with E-state index in [2.05, 4.69) is 11.4 Å². The van der Waals surface area contributed by atoms with Crippen molar-refractivity contribution in [2.75, 3.05) is 11.9 Å². The normalized spacial score (nSPS) is 9.86. The Balaban J connectivity index is 1.90. The number of nitriles is 1. The van der Waals surface area contributed by atoms with Gasteiger partial charge in [-0.05, 0) is 48.7 Å². The molecular formula is C18H18N2O2. The van der Waals surface area contributed by atoms with Crippen molar-refractivity contribution < 1.29 is 9.53 Å². The van der Waals surface area contributed by atoms with Crippen molar-refractivity contribution in [3.63, 3.8) is 0 Å². The molecule has 0 atom stereocenters. The van der Waals surface area contributed by atoms with Gasteiger partial charge in [-0.2, -0.15) is 5.26 Å². The lowest BCUT2D eigenvalue weighted by atomic mass is 10.1. The molecule has 0 aliphatic carbocycles. The van der Waals surface area contributed by atoms with Gasteiger partial charge in [0.25, 0.3) is 5.91 Å². The van der Waals surface area contributed by atoms with E-state index in [1.807, 2.05) is 44.2 Å². The Morgan fingerprint density at radius 3 is 2.59 bits per heavy atom. The zero-order chi connectivity index (χ0) is 15.9. The first-order valence-electron chi connectivity index (χ1n) is 7.04. The molecule has 0 aromatic heterocycles. The van der Waals surface area contributed by atoms with Crippen LogP contribution in [0.1, 0.15) is 16.7 Å². The molecule has 1 amide bonds. The van der Waals surface area contributed by atoms with Gasteiger partial charge in [0.2, 0.25) is 0 Å². The molecule has 0 aliphatic rings. The predicted octanol–water partition coefficient (Wildman–Crippen LogP) is 3.39. The molecule has 1 N–H and O–H groups in total. The summed E-state index contributed by atoms with van der Waals surface area (Å²) in [4.78, 5) is 11.9. The van der Waals surface area contributed by atoms with Crippen LogP contribution in [0.2, 0.25) is 0 Å². The summed E-state index contributed by atoms with van der Waals surface area (Å²) in [6.45, 7) is 3.89. The number of amides is 1. The number of aryl methyl sites for hydroxylation is 2. The van der Waals surface area contributed by atoms with E-state index in [4.69, 9.17) is 10.00 Å². The number of carbonyl (C=O) groups is 1. The maximum absolute atomic E-state index is 11.9. The maximum Gasteiger partial charge on any atom is 0.262 e. The zero-order valence-electron chi connectivity index (χ0n) is 12.7. The molecule has 2 aromatic rings. The molecule has 4 heteroatoms. The number of nitrogens with zero attached hydrogens (tertiary/aromatic N) is 1. The number of nitrogens with one attached hydrogen (secondary N) is 1. The van der Waals surface area contributed by atoms with E-state index in [9.17, 15) is 4.79 Å². The van der Waals surface area contributed by atoms with Gasteiger partial charge in [-0.25, -0.2) is 0 Å². The number of rotatable bonds is 5. The standard InChI is InChI=1S/C18H18N2O2/c1-13-3-4-14(2)17(11-13)22-12-18(21)20-16-7-5-15(6-8-16)9-10-19/h3-8,11H,9,12H2,1-2H3,(H,20,21). The van der Waals surface area contributed by atoms with Crippen LogP contribution in [0.15, 0.2) is 42.5 Å². The third-order valence-corrected chi connectivity index (χ3v) is 3.22. The maximum atomic E-state index is 11.9. The summed E-state index contributed by atoms with van der Waals surface area (Å²) < 4.78 is 5.56. The molecule has 0 heterocycles. The predicted molar refractivity (Wildman–Crippen MR) is 85.8 cm³/mol. The minimum atomic E-state index is -0.214. The molecule has 0 bridgehead atoms. The largest absolute Gasteiger partial charge is 0.483 e. The molecule has 2 rings (SSSR count). The molecule has 0 aliphatic heterocycles. The Hall–Kier alpha value is -2.80. The molecule has 112 valence electrons. The molecule has 0 radical (unpaired) electrons. The number of anilines is 1. The topological polar surface area (TPSA) is 62.1 Å². The Morgan fingerprint density at radius 2 is 1.91 bits per heavy atom. The average Bonchev–Trinajstić information content (AvgIpc) is 2.50. The van der Waals surface area contributed by atoms with Gasteiger partial charge in [0.1, 0.15) is 5.75 Å². The highest BCUT2D eigenvalue weighted by atomic mass is 16.5. The molecule has 0 unspecified atom stereocenters. The lowest BCUT2D eigenvalue weighted by molar-refractivity contribution is -0.118. The van der Waals surface area contributed by atoms with Gasteiger partial charge >= 0.3 is 0 Å². The summed E-state index contributed by atoms with van der Waals surface area (Å²) in [6, 6.07) is 15.2. The van der Waals surface area contributed by atoms with Crippen molar-refractivity contribution in [1.82, 2.24) is 0 Å². The third kappa shape index (κ3) is 4.35. The van der Waals surface area contributed by atoms with E-state index in [1.165, 1.54) is 0 Å². The van der Waals surface area contributed by atoms with Crippen LogP contribution < -0.4 is 10.1 Å². The van der Waals surface area contributed by atoms with E-state index < -0.39 is 0 Å². The van der Waals surface area contributed by atoms with Crippen LogP contribution in [0, 0.1) is 25.2 Å². The Labute approximate surface area is 130 Å². The minimum absolute atomic E-state index is 0.0375. The highest BCUT2D eigenvalue weighted by molar-refractivity contribution is 5.91.